The predicted molar refractivity (Wildman–Crippen MR) is 146 cm³/mol. The van der Waals surface area contributed by atoms with E-state index in [1.165, 1.54) is 5.56 Å². The first-order chi connectivity index (χ1) is 17.5. The summed E-state index contributed by atoms with van der Waals surface area (Å²) in [7, 11) is -0.362. The lowest BCUT2D eigenvalue weighted by Gasteiger charge is -2.30. The average molecular weight is 497 g/mol. The summed E-state index contributed by atoms with van der Waals surface area (Å²) in [4.78, 5) is 11.6. The molecule has 1 unspecified atom stereocenters. The third-order valence-corrected chi connectivity index (χ3v) is 7.31. The van der Waals surface area contributed by atoms with Gasteiger partial charge < -0.3 is 25.5 Å². The van der Waals surface area contributed by atoms with Gasteiger partial charge >= 0.3 is 7.12 Å². The van der Waals surface area contributed by atoms with Crippen molar-refractivity contribution in [2.24, 2.45) is 17.6 Å². The molecule has 6 nitrogen and oxygen atoms in total. The standard InChI is InChI=1S/C29H45BN2O4/c1-3-12-28(31)30-35-26-21-27(36-30)25(20-19-23(33)18-17-22-13-8-7-9-14-22)24(26)15-10-5-6-11-16-29(34)32-4-2/h5,7-10,13-14,19-20,23-28,33H,3-4,6,11-12,15-18,21,31H2,1-2H3,(H,32,34)/b10-5+,20-19-/t23-,24+,25+,26-,27+,28?/m1/s1. The van der Waals surface area contributed by atoms with Crippen LogP contribution in [0.2, 0.25) is 0 Å². The van der Waals surface area contributed by atoms with Crippen LogP contribution >= 0.6 is 0 Å². The third kappa shape index (κ3) is 8.88. The molecule has 1 aliphatic heterocycles. The highest BCUT2D eigenvalue weighted by Crippen LogP contribution is 2.43. The number of nitrogens with one attached hydrogen (secondary N) is 1. The molecule has 0 aromatic heterocycles. The Morgan fingerprint density at radius 1 is 1.19 bits per heavy atom. The second kappa shape index (κ2) is 15.4. The van der Waals surface area contributed by atoms with Crippen molar-refractivity contribution in [3.63, 3.8) is 0 Å². The number of benzene rings is 1. The summed E-state index contributed by atoms with van der Waals surface area (Å²) in [6.45, 7) is 4.74. The highest BCUT2D eigenvalue weighted by molar-refractivity contribution is 6.46. The van der Waals surface area contributed by atoms with E-state index in [1.807, 2.05) is 31.2 Å². The van der Waals surface area contributed by atoms with E-state index in [9.17, 15) is 9.90 Å². The fraction of sp³-hybridized carbons (Fsp3) is 0.621. The highest BCUT2D eigenvalue weighted by Gasteiger charge is 2.50. The molecule has 2 aliphatic rings. The lowest BCUT2D eigenvalue weighted by molar-refractivity contribution is -0.121. The summed E-state index contributed by atoms with van der Waals surface area (Å²) >= 11 is 0. The number of carbonyl (C=O) groups excluding carboxylic acids is 1. The Kier molecular flexibility index (Phi) is 12.2. The van der Waals surface area contributed by atoms with E-state index in [0.717, 1.165) is 44.9 Å². The van der Waals surface area contributed by atoms with Crippen LogP contribution in [0.25, 0.3) is 0 Å². The summed E-state index contributed by atoms with van der Waals surface area (Å²) < 4.78 is 12.7. The molecule has 2 fully saturated rings. The van der Waals surface area contributed by atoms with Gasteiger partial charge in [0.1, 0.15) is 0 Å². The zero-order valence-electron chi connectivity index (χ0n) is 22.1. The number of hydrogen-bond donors (Lipinski definition) is 3. The van der Waals surface area contributed by atoms with Crippen molar-refractivity contribution >= 4 is 13.0 Å². The van der Waals surface area contributed by atoms with Crippen LogP contribution in [0.1, 0.15) is 70.8 Å². The van der Waals surface area contributed by atoms with Crippen LogP contribution in [0.3, 0.4) is 0 Å². The molecule has 1 amide bonds. The minimum atomic E-state index is -0.491. The van der Waals surface area contributed by atoms with Crippen molar-refractivity contribution in [2.45, 2.75) is 95.9 Å². The number of amides is 1. The van der Waals surface area contributed by atoms with Gasteiger partial charge in [-0.1, -0.05) is 68.0 Å². The first-order valence-corrected chi connectivity index (χ1v) is 13.9. The molecule has 4 N–H and O–H groups in total. The maximum atomic E-state index is 11.6. The molecule has 1 saturated carbocycles. The summed E-state index contributed by atoms with van der Waals surface area (Å²) in [6.07, 6.45) is 15.6. The van der Waals surface area contributed by atoms with Crippen molar-refractivity contribution < 1.29 is 19.2 Å². The molecule has 0 spiro atoms. The summed E-state index contributed by atoms with van der Waals surface area (Å²) in [6, 6.07) is 10.3. The Balaban J connectivity index is 1.58. The van der Waals surface area contributed by atoms with Crippen LogP contribution in [0.5, 0.6) is 0 Å². The number of nitrogens with two attached hydrogens (primary N) is 1. The lowest BCUT2D eigenvalue weighted by Crippen LogP contribution is -2.49. The number of fused-ring (bicyclic) bond motifs is 2. The van der Waals surface area contributed by atoms with Gasteiger partial charge in [0.05, 0.1) is 12.2 Å². The largest absolute Gasteiger partial charge is 0.475 e. The van der Waals surface area contributed by atoms with Gasteiger partial charge in [0, 0.05) is 30.9 Å². The quantitative estimate of drug-likeness (QED) is 0.191. The number of unbranched alkanes of at least 4 members (excludes halogenated alkanes) is 1. The van der Waals surface area contributed by atoms with E-state index in [-0.39, 0.29) is 43.0 Å². The van der Waals surface area contributed by atoms with Gasteiger partial charge in [0.25, 0.3) is 0 Å². The molecule has 1 saturated heterocycles. The first kappa shape index (κ1) is 28.6. The Labute approximate surface area is 217 Å². The van der Waals surface area contributed by atoms with E-state index >= 15 is 0 Å². The third-order valence-electron chi connectivity index (χ3n) is 7.31. The highest BCUT2D eigenvalue weighted by atomic mass is 16.6. The van der Waals surface area contributed by atoms with Crippen molar-refractivity contribution in [1.82, 2.24) is 5.32 Å². The number of aliphatic hydroxyl groups is 1. The molecular formula is C29H45BN2O4. The number of carbonyl (C=O) groups is 1. The molecule has 1 aliphatic carbocycles. The zero-order valence-corrected chi connectivity index (χ0v) is 22.1. The van der Waals surface area contributed by atoms with Crippen molar-refractivity contribution in [3.8, 4) is 0 Å². The number of aryl methyl sites for hydroxylation is 1. The van der Waals surface area contributed by atoms with Gasteiger partial charge in [-0.25, -0.2) is 0 Å². The number of allylic oxidation sites excluding steroid dienone is 2. The Bertz CT molecular complexity index is 834. The second-order valence-corrected chi connectivity index (χ2v) is 10.2. The minimum Gasteiger partial charge on any atom is -0.407 e. The number of aliphatic hydroxyl groups excluding tert-OH is 1. The van der Waals surface area contributed by atoms with Gasteiger partial charge in [0.2, 0.25) is 5.91 Å². The van der Waals surface area contributed by atoms with Crippen LogP contribution in [0.4, 0.5) is 0 Å². The molecule has 7 heteroatoms. The minimum absolute atomic E-state index is 0.0605. The van der Waals surface area contributed by atoms with Crippen LogP contribution in [0, 0.1) is 11.8 Å². The fourth-order valence-corrected chi connectivity index (χ4v) is 5.36. The molecule has 1 aromatic carbocycles. The predicted octanol–water partition coefficient (Wildman–Crippen LogP) is 4.36. The lowest BCUT2D eigenvalue weighted by atomic mass is 9.74. The Morgan fingerprint density at radius 3 is 2.72 bits per heavy atom. The van der Waals surface area contributed by atoms with Crippen LogP contribution in [-0.4, -0.2) is 48.9 Å². The van der Waals surface area contributed by atoms with Crippen molar-refractivity contribution in [1.29, 1.82) is 0 Å². The van der Waals surface area contributed by atoms with E-state index in [2.05, 4.69) is 42.6 Å². The van der Waals surface area contributed by atoms with E-state index < -0.39 is 6.10 Å². The monoisotopic (exact) mass is 496 g/mol. The van der Waals surface area contributed by atoms with E-state index in [4.69, 9.17) is 15.0 Å². The SMILES string of the molecule is CCCC(N)B1O[C@H]2C[C@@H](O1)[C@@H](C/C=C/CCCC(=O)NCC)[C@@H]2/C=C\[C@H](O)CCc1ccccc1. The molecule has 3 rings (SSSR count). The Hall–Kier alpha value is -1.93. The average Bonchev–Trinajstić information content (AvgIpc) is 3.12. The number of hydrogen-bond acceptors (Lipinski definition) is 5. The molecule has 0 radical (unpaired) electrons. The van der Waals surface area contributed by atoms with Gasteiger partial charge in [0.15, 0.2) is 0 Å². The molecule has 6 atom stereocenters. The van der Waals surface area contributed by atoms with E-state index in [0.29, 0.717) is 19.4 Å². The van der Waals surface area contributed by atoms with Crippen molar-refractivity contribution in [2.75, 3.05) is 6.54 Å². The second-order valence-electron chi connectivity index (χ2n) is 10.2. The molecule has 1 heterocycles. The Morgan fingerprint density at radius 2 is 1.97 bits per heavy atom. The number of rotatable bonds is 15. The molecule has 1 aromatic rings. The van der Waals surface area contributed by atoms with Crippen LogP contribution < -0.4 is 11.1 Å². The maximum Gasteiger partial charge on any atom is 0.475 e. The first-order valence-electron chi connectivity index (χ1n) is 13.9. The van der Waals surface area contributed by atoms with Crippen LogP contribution in [-0.2, 0) is 20.5 Å². The smallest absolute Gasteiger partial charge is 0.407 e. The molecule has 198 valence electrons. The molecule has 36 heavy (non-hydrogen) atoms. The summed E-state index contributed by atoms with van der Waals surface area (Å²) in [5.74, 6) is 0.461. The summed E-state index contributed by atoms with van der Waals surface area (Å²) in [5.41, 5.74) is 7.60. The van der Waals surface area contributed by atoms with Gasteiger partial charge in [-0.05, 0) is 63.4 Å². The fourth-order valence-electron chi connectivity index (χ4n) is 5.36. The molecule has 2 bridgehead atoms. The maximum absolute atomic E-state index is 11.6. The zero-order chi connectivity index (χ0) is 25.8. The van der Waals surface area contributed by atoms with Crippen molar-refractivity contribution in [3.05, 3.63) is 60.2 Å². The normalized spacial score (nSPS) is 25.5. The van der Waals surface area contributed by atoms with Gasteiger partial charge in [-0.2, -0.15) is 0 Å². The molecular weight excluding hydrogens is 451 g/mol. The van der Waals surface area contributed by atoms with Crippen LogP contribution in [0.15, 0.2) is 54.6 Å². The van der Waals surface area contributed by atoms with Gasteiger partial charge in [-0.3, -0.25) is 4.79 Å². The topological polar surface area (TPSA) is 93.8 Å². The van der Waals surface area contributed by atoms with Gasteiger partial charge in [-0.15, -0.1) is 0 Å². The van der Waals surface area contributed by atoms with E-state index in [1.54, 1.807) is 0 Å². The summed E-state index contributed by atoms with van der Waals surface area (Å²) in [5, 5.41) is 13.5.